The van der Waals surface area contributed by atoms with Crippen molar-refractivity contribution in [1.82, 2.24) is 9.99 Å². The summed E-state index contributed by atoms with van der Waals surface area (Å²) < 4.78 is 0. The monoisotopic (exact) mass is 437 g/mol. The van der Waals surface area contributed by atoms with Crippen LogP contribution in [0.15, 0.2) is 64.8 Å². The van der Waals surface area contributed by atoms with Gasteiger partial charge in [-0.25, -0.2) is 9.99 Å². The molecule has 30 heavy (non-hydrogen) atoms. The standard InChI is InChI=1S/C22H20ClN5OS/c1-27(2)17-9-3-14(4-10-17)11-25-28-12-19(29)20(21(28)24)22-26-18(13-30-22)15-5-7-16(23)8-6-15/h3-11,13,24,29H,12H2,1-2H3. The summed E-state index contributed by atoms with van der Waals surface area (Å²) in [6, 6.07) is 15.4. The summed E-state index contributed by atoms with van der Waals surface area (Å²) in [4.78, 5) is 6.63. The molecule has 0 amide bonds. The van der Waals surface area contributed by atoms with E-state index in [-0.39, 0.29) is 18.1 Å². The summed E-state index contributed by atoms with van der Waals surface area (Å²) in [6.07, 6.45) is 1.69. The lowest BCUT2D eigenvalue weighted by atomic mass is 10.2. The first-order valence-electron chi connectivity index (χ1n) is 9.24. The van der Waals surface area contributed by atoms with E-state index in [4.69, 9.17) is 17.0 Å². The fraction of sp³-hybridized carbons (Fsp3) is 0.136. The van der Waals surface area contributed by atoms with Gasteiger partial charge in [-0.1, -0.05) is 35.9 Å². The van der Waals surface area contributed by atoms with Gasteiger partial charge in [0.25, 0.3) is 0 Å². The first-order chi connectivity index (χ1) is 14.4. The molecule has 0 unspecified atom stereocenters. The van der Waals surface area contributed by atoms with Crippen LogP contribution in [0, 0.1) is 5.41 Å². The molecular formula is C22H20ClN5OS. The van der Waals surface area contributed by atoms with Gasteiger partial charge in [-0.3, -0.25) is 5.41 Å². The van der Waals surface area contributed by atoms with Gasteiger partial charge in [-0.15, -0.1) is 11.3 Å². The molecule has 0 saturated carbocycles. The molecule has 2 aromatic carbocycles. The van der Waals surface area contributed by atoms with Gasteiger partial charge in [0.15, 0.2) is 5.84 Å². The number of anilines is 1. The lowest BCUT2D eigenvalue weighted by molar-refractivity contribution is 0.358. The molecule has 3 aromatic rings. The van der Waals surface area contributed by atoms with Gasteiger partial charge in [0.2, 0.25) is 0 Å². The maximum Gasteiger partial charge on any atom is 0.155 e. The Hall–Kier alpha value is -3.16. The Labute approximate surface area is 183 Å². The quantitative estimate of drug-likeness (QED) is 0.543. The zero-order valence-electron chi connectivity index (χ0n) is 16.5. The lowest BCUT2D eigenvalue weighted by Gasteiger charge is -2.13. The average molecular weight is 438 g/mol. The van der Waals surface area contributed by atoms with Crippen molar-refractivity contribution in [1.29, 1.82) is 5.41 Å². The van der Waals surface area contributed by atoms with Gasteiger partial charge in [-0.2, -0.15) is 5.10 Å². The third kappa shape index (κ3) is 4.08. The maximum atomic E-state index is 10.5. The minimum atomic E-state index is 0.0945. The van der Waals surface area contributed by atoms with Crippen molar-refractivity contribution >= 4 is 46.2 Å². The third-order valence-electron chi connectivity index (χ3n) is 4.70. The number of nitrogens with one attached hydrogen (secondary N) is 1. The fourth-order valence-electron chi connectivity index (χ4n) is 3.03. The summed E-state index contributed by atoms with van der Waals surface area (Å²) in [5, 5.41) is 27.9. The molecule has 2 N–H and O–H groups in total. The highest BCUT2D eigenvalue weighted by Gasteiger charge is 2.30. The summed E-state index contributed by atoms with van der Waals surface area (Å²) in [5.41, 5.74) is 4.15. The number of thiazole rings is 1. The van der Waals surface area contributed by atoms with E-state index in [1.54, 1.807) is 6.21 Å². The second-order valence-corrected chi connectivity index (χ2v) is 8.30. The Kier molecular flexibility index (Phi) is 5.57. The van der Waals surface area contributed by atoms with E-state index in [1.165, 1.54) is 16.3 Å². The van der Waals surface area contributed by atoms with Crippen LogP contribution in [0.25, 0.3) is 16.8 Å². The van der Waals surface area contributed by atoms with E-state index in [2.05, 4.69) is 10.1 Å². The number of amidine groups is 1. The number of hydrazone groups is 1. The predicted octanol–water partition coefficient (Wildman–Crippen LogP) is 5.13. The minimum Gasteiger partial charge on any atom is -0.509 e. The van der Waals surface area contributed by atoms with E-state index in [1.807, 2.05) is 72.9 Å². The van der Waals surface area contributed by atoms with Crippen molar-refractivity contribution < 1.29 is 5.11 Å². The van der Waals surface area contributed by atoms with Crippen LogP contribution in [-0.2, 0) is 0 Å². The van der Waals surface area contributed by atoms with Gasteiger partial charge in [-0.05, 0) is 29.8 Å². The van der Waals surface area contributed by atoms with Crippen molar-refractivity contribution in [2.24, 2.45) is 5.10 Å². The second kappa shape index (κ2) is 8.30. The Balaban J connectivity index is 1.50. The largest absolute Gasteiger partial charge is 0.509 e. The van der Waals surface area contributed by atoms with Crippen LogP contribution in [0.1, 0.15) is 10.6 Å². The maximum absolute atomic E-state index is 10.5. The Morgan fingerprint density at radius 2 is 1.87 bits per heavy atom. The molecule has 0 saturated heterocycles. The molecule has 152 valence electrons. The van der Waals surface area contributed by atoms with Crippen molar-refractivity contribution in [3.05, 3.63) is 75.3 Å². The summed E-state index contributed by atoms with van der Waals surface area (Å²) in [7, 11) is 3.98. The fourth-order valence-corrected chi connectivity index (χ4v) is 4.05. The van der Waals surface area contributed by atoms with Crippen molar-refractivity contribution in [3.63, 3.8) is 0 Å². The zero-order valence-corrected chi connectivity index (χ0v) is 18.1. The van der Waals surface area contributed by atoms with Crippen molar-refractivity contribution in [2.75, 3.05) is 25.5 Å². The topological polar surface area (TPSA) is 75.8 Å². The van der Waals surface area contributed by atoms with Crippen molar-refractivity contribution in [3.8, 4) is 11.3 Å². The molecule has 0 fully saturated rings. The number of aromatic nitrogens is 1. The molecule has 0 radical (unpaired) electrons. The minimum absolute atomic E-state index is 0.0945. The van der Waals surface area contributed by atoms with Gasteiger partial charge in [0.1, 0.15) is 17.3 Å². The highest BCUT2D eigenvalue weighted by molar-refractivity contribution is 7.11. The summed E-state index contributed by atoms with van der Waals surface area (Å²) in [5.74, 6) is 0.225. The van der Waals surface area contributed by atoms with Gasteiger partial charge < -0.3 is 10.0 Å². The first-order valence-corrected chi connectivity index (χ1v) is 10.5. The lowest BCUT2D eigenvalue weighted by Crippen LogP contribution is -2.20. The van der Waals surface area contributed by atoms with Crippen LogP contribution in [0.3, 0.4) is 0 Å². The Morgan fingerprint density at radius 3 is 2.53 bits per heavy atom. The zero-order chi connectivity index (χ0) is 21.3. The summed E-state index contributed by atoms with van der Waals surface area (Å²) >= 11 is 7.34. The highest BCUT2D eigenvalue weighted by Crippen LogP contribution is 2.32. The molecule has 1 aliphatic heterocycles. The van der Waals surface area contributed by atoms with Crippen LogP contribution in [0.4, 0.5) is 5.69 Å². The predicted molar refractivity (Wildman–Crippen MR) is 125 cm³/mol. The molecule has 0 aliphatic carbocycles. The number of benzene rings is 2. The number of halogens is 1. The van der Waals surface area contributed by atoms with E-state index < -0.39 is 0 Å². The van der Waals surface area contributed by atoms with Crippen LogP contribution in [0.5, 0.6) is 0 Å². The van der Waals surface area contributed by atoms with E-state index in [0.29, 0.717) is 15.6 Å². The molecule has 0 spiro atoms. The Morgan fingerprint density at radius 1 is 1.17 bits per heavy atom. The number of nitrogens with zero attached hydrogens (tertiary/aromatic N) is 4. The van der Waals surface area contributed by atoms with Crippen LogP contribution < -0.4 is 4.90 Å². The number of hydrogen-bond donors (Lipinski definition) is 2. The molecule has 6 nitrogen and oxygen atoms in total. The van der Waals surface area contributed by atoms with E-state index in [0.717, 1.165) is 22.5 Å². The third-order valence-corrected chi connectivity index (χ3v) is 5.81. The Bertz CT molecular complexity index is 1130. The number of aliphatic hydroxyl groups is 1. The SMILES string of the molecule is CN(C)c1ccc(C=NN2CC(O)=C(c3nc(-c4ccc(Cl)cc4)cs3)C2=N)cc1. The summed E-state index contributed by atoms with van der Waals surface area (Å²) in [6.45, 7) is 0.149. The van der Waals surface area contributed by atoms with Crippen LogP contribution in [0.2, 0.25) is 5.02 Å². The van der Waals surface area contributed by atoms with Gasteiger partial charge >= 0.3 is 0 Å². The van der Waals surface area contributed by atoms with Gasteiger partial charge in [0.05, 0.1) is 17.5 Å². The molecule has 0 bridgehead atoms. The van der Waals surface area contributed by atoms with E-state index in [9.17, 15) is 5.11 Å². The number of hydrogen-bond acceptors (Lipinski definition) is 6. The average Bonchev–Trinajstić information content (AvgIpc) is 3.31. The molecule has 4 rings (SSSR count). The van der Waals surface area contributed by atoms with Crippen LogP contribution in [-0.4, -0.2) is 47.8 Å². The smallest absolute Gasteiger partial charge is 0.155 e. The highest BCUT2D eigenvalue weighted by atomic mass is 35.5. The molecule has 2 heterocycles. The van der Waals surface area contributed by atoms with E-state index >= 15 is 0 Å². The second-order valence-electron chi connectivity index (χ2n) is 7.00. The molecule has 1 aromatic heterocycles. The molecule has 0 atom stereocenters. The molecular weight excluding hydrogens is 418 g/mol. The normalized spacial score (nSPS) is 14.2. The number of aliphatic hydroxyl groups excluding tert-OH is 1. The van der Waals surface area contributed by atoms with Gasteiger partial charge in [0, 0.05) is 35.7 Å². The molecule has 1 aliphatic rings. The molecule has 8 heteroatoms. The number of rotatable bonds is 5. The van der Waals surface area contributed by atoms with Crippen LogP contribution >= 0.6 is 22.9 Å². The first kappa shape index (κ1) is 20.1. The van der Waals surface area contributed by atoms with Crippen molar-refractivity contribution in [2.45, 2.75) is 0 Å².